The fourth-order valence-electron chi connectivity index (χ4n) is 6.83. The number of benzene rings is 4. The van der Waals surface area contributed by atoms with Crippen molar-refractivity contribution in [3.63, 3.8) is 0 Å². The van der Waals surface area contributed by atoms with Crippen molar-refractivity contribution in [2.45, 2.75) is 65.7 Å². The number of para-hydroxylation sites is 1. The molecule has 4 heterocycles. The highest BCUT2D eigenvalue weighted by atomic mass is 32.1. The minimum absolute atomic E-state index is 0.0152. The van der Waals surface area contributed by atoms with Gasteiger partial charge in [0.1, 0.15) is 28.5 Å². The molecule has 0 unspecified atom stereocenters. The molecule has 4 aromatic heterocycles. The molecule has 240 valence electrons. The van der Waals surface area contributed by atoms with Crippen LogP contribution in [0.5, 0.6) is 11.5 Å². The van der Waals surface area contributed by atoms with Gasteiger partial charge >= 0.3 is 0 Å². The van der Waals surface area contributed by atoms with Crippen LogP contribution in [0.2, 0.25) is 0 Å². The van der Waals surface area contributed by atoms with Gasteiger partial charge in [0.15, 0.2) is 0 Å². The maximum Gasteiger partial charge on any atom is 0.146 e. The van der Waals surface area contributed by atoms with Crippen LogP contribution in [-0.2, 0) is 5.41 Å². The van der Waals surface area contributed by atoms with E-state index in [1.54, 1.807) is 11.3 Å². The van der Waals surface area contributed by atoms with Crippen molar-refractivity contribution in [1.82, 2.24) is 14.5 Å². The van der Waals surface area contributed by atoms with E-state index >= 15 is 0 Å². The second-order valence-electron chi connectivity index (χ2n) is 14.3. The molecule has 0 amide bonds. The SMILES string of the molecule is CC(C)c1cccc(C(C)C)c1-n1ccnc1-c1cccc(Oc2cc(-c3cc(C(C)(C)C)ccn3)c3oc4cccc5sc2c3c45)c1. The number of hydrogen-bond donors (Lipinski definition) is 0. The molecule has 0 N–H and O–H groups in total. The Bertz CT molecular complexity index is 2410. The Kier molecular flexibility index (Phi) is 7.18. The fraction of sp³-hybridized carbons (Fsp3) is 0.238. The summed E-state index contributed by atoms with van der Waals surface area (Å²) in [5, 5.41) is 2.24. The Morgan fingerprint density at radius 2 is 1.54 bits per heavy atom. The number of aromatic nitrogens is 3. The lowest BCUT2D eigenvalue weighted by Gasteiger charge is -2.22. The molecule has 0 saturated carbocycles. The van der Waals surface area contributed by atoms with Crippen LogP contribution in [0.1, 0.15) is 77.0 Å². The van der Waals surface area contributed by atoms with Crippen LogP contribution in [-0.4, -0.2) is 14.5 Å². The number of furan rings is 1. The maximum atomic E-state index is 6.86. The van der Waals surface area contributed by atoms with Gasteiger partial charge in [0, 0.05) is 39.8 Å². The average Bonchev–Trinajstić information content (AvgIpc) is 3.81. The fourth-order valence-corrected chi connectivity index (χ4v) is 8.00. The van der Waals surface area contributed by atoms with Gasteiger partial charge in [0.05, 0.1) is 21.5 Å². The molecular formula is C42H39N3O2S. The monoisotopic (exact) mass is 649 g/mol. The minimum Gasteiger partial charge on any atom is -0.456 e. The standard InChI is InChI=1S/C42H39N3O2S/c1-24(2)29-13-9-14-30(25(3)4)38(29)45-20-19-44-41(45)26-11-8-12-28(21-26)46-34-23-31(32-22-27(17-18-43-32)42(5,6)7)39-37-36-33(47-39)15-10-16-35(36)48-40(34)37/h8-25H,1-7H3. The molecule has 0 fully saturated rings. The number of nitrogens with zero attached hydrogens (tertiary/aromatic N) is 3. The Labute approximate surface area is 285 Å². The Balaban J connectivity index is 1.27. The first-order chi connectivity index (χ1) is 23.1. The molecule has 0 spiro atoms. The van der Waals surface area contributed by atoms with Gasteiger partial charge in [-0.05, 0) is 76.4 Å². The molecule has 8 rings (SSSR count). The summed E-state index contributed by atoms with van der Waals surface area (Å²) in [6.07, 6.45) is 5.86. The highest BCUT2D eigenvalue weighted by molar-refractivity contribution is 7.26. The van der Waals surface area contributed by atoms with Gasteiger partial charge in [-0.25, -0.2) is 4.98 Å². The second kappa shape index (κ2) is 11.3. The van der Waals surface area contributed by atoms with Gasteiger partial charge < -0.3 is 9.15 Å². The van der Waals surface area contributed by atoms with Gasteiger partial charge in [-0.1, -0.05) is 84.9 Å². The number of pyridine rings is 1. The second-order valence-corrected chi connectivity index (χ2v) is 15.4. The number of rotatable bonds is 7. The summed E-state index contributed by atoms with van der Waals surface area (Å²) in [5.41, 5.74) is 9.56. The van der Waals surface area contributed by atoms with E-state index in [1.165, 1.54) is 27.1 Å². The van der Waals surface area contributed by atoms with Crippen LogP contribution in [0.3, 0.4) is 0 Å². The third-order valence-corrected chi connectivity index (χ3v) is 10.5. The molecule has 0 aliphatic carbocycles. The summed E-state index contributed by atoms with van der Waals surface area (Å²) in [5.74, 6) is 3.16. The first-order valence-corrected chi connectivity index (χ1v) is 17.5. The number of imidazole rings is 1. The third-order valence-electron chi connectivity index (χ3n) is 9.31. The average molecular weight is 650 g/mol. The lowest BCUT2D eigenvalue weighted by atomic mass is 9.87. The summed E-state index contributed by atoms with van der Waals surface area (Å²) in [4.78, 5) is 9.71. The van der Waals surface area contributed by atoms with E-state index in [4.69, 9.17) is 19.1 Å². The smallest absolute Gasteiger partial charge is 0.146 e. The summed E-state index contributed by atoms with van der Waals surface area (Å²) in [7, 11) is 0. The van der Waals surface area contributed by atoms with Gasteiger partial charge in [0.25, 0.3) is 0 Å². The van der Waals surface area contributed by atoms with Gasteiger partial charge in [-0.15, -0.1) is 11.3 Å². The maximum absolute atomic E-state index is 6.86. The van der Waals surface area contributed by atoms with E-state index in [1.807, 2.05) is 30.6 Å². The van der Waals surface area contributed by atoms with Crippen molar-refractivity contribution in [3.05, 3.63) is 114 Å². The largest absolute Gasteiger partial charge is 0.456 e. The number of thiophene rings is 1. The molecule has 48 heavy (non-hydrogen) atoms. The van der Waals surface area contributed by atoms with E-state index in [2.05, 4.69) is 120 Å². The number of ether oxygens (including phenoxy) is 1. The molecule has 8 aromatic rings. The Morgan fingerprint density at radius 1 is 0.792 bits per heavy atom. The molecule has 4 aromatic carbocycles. The summed E-state index contributed by atoms with van der Waals surface area (Å²) in [6, 6.07) is 27.6. The zero-order valence-electron chi connectivity index (χ0n) is 28.5. The molecule has 0 bridgehead atoms. The first-order valence-electron chi connectivity index (χ1n) is 16.7. The zero-order chi connectivity index (χ0) is 33.3. The van der Waals surface area contributed by atoms with Crippen LogP contribution in [0.25, 0.3) is 59.7 Å². The highest BCUT2D eigenvalue weighted by Gasteiger charge is 2.25. The topological polar surface area (TPSA) is 53.1 Å². The first kappa shape index (κ1) is 30.4. The van der Waals surface area contributed by atoms with Crippen molar-refractivity contribution in [2.24, 2.45) is 0 Å². The molecular weight excluding hydrogens is 611 g/mol. The zero-order valence-corrected chi connectivity index (χ0v) is 29.3. The lowest BCUT2D eigenvalue weighted by Crippen LogP contribution is -2.11. The Hall–Kier alpha value is -4.94. The summed E-state index contributed by atoms with van der Waals surface area (Å²) in [6.45, 7) is 15.7. The molecule has 5 nitrogen and oxygen atoms in total. The van der Waals surface area contributed by atoms with E-state index in [0.717, 1.165) is 60.8 Å². The van der Waals surface area contributed by atoms with E-state index in [0.29, 0.717) is 11.8 Å². The van der Waals surface area contributed by atoms with E-state index in [-0.39, 0.29) is 5.41 Å². The van der Waals surface area contributed by atoms with Crippen LogP contribution < -0.4 is 4.74 Å². The third kappa shape index (κ3) is 4.98. The quantitative estimate of drug-likeness (QED) is 0.172. The number of hydrogen-bond acceptors (Lipinski definition) is 5. The van der Waals surface area contributed by atoms with Gasteiger partial charge in [0.2, 0.25) is 0 Å². The van der Waals surface area contributed by atoms with Crippen LogP contribution in [0.4, 0.5) is 0 Å². The van der Waals surface area contributed by atoms with Gasteiger partial charge in [-0.2, -0.15) is 0 Å². The predicted molar refractivity (Wildman–Crippen MR) is 199 cm³/mol. The van der Waals surface area contributed by atoms with Crippen LogP contribution in [0.15, 0.2) is 102 Å². The minimum atomic E-state index is -0.0152. The summed E-state index contributed by atoms with van der Waals surface area (Å²) >= 11 is 1.74. The van der Waals surface area contributed by atoms with E-state index in [9.17, 15) is 0 Å². The van der Waals surface area contributed by atoms with Crippen LogP contribution in [0, 0.1) is 0 Å². The van der Waals surface area contributed by atoms with E-state index < -0.39 is 0 Å². The summed E-state index contributed by atoms with van der Waals surface area (Å²) < 4.78 is 17.9. The van der Waals surface area contributed by atoms with Gasteiger partial charge in [-0.3, -0.25) is 9.55 Å². The lowest BCUT2D eigenvalue weighted by molar-refractivity contribution is 0.489. The molecule has 0 aliphatic heterocycles. The normalized spacial score (nSPS) is 12.4. The van der Waals surface area contributed by atoms with Crippen molar-refractivity contribution < 1.29 is 9.15 Å². The van der Waals surface area contributed by atoms with Crippen molar-refractivity contribution in [1.29, 1.82) is 0 Å². The highest BCUT2D eigenvalue weighted by Crippen LogP contribution is 2.50. The molecule has 0 radical (unpaired) electrons. The Morgan fingerprint density at radius 3 is 2.29 bits per heavy atom. The molecule has 0 saturated heterocycles. The van der Waals surface area contributed by atoms with Crippen molar-refractivity contribution >= 4 is 42.7 Å². The van der Waals surface area contributed by atoms with Crippen molar-refractivity contribution in [2.75, 3.05) is 0 Å². The molecule has 0 atom stereocenters. The van der Waals surface area contributed by atoms with Crippen LogP contribution >= 0.6 is 11.3 Å². The molecule has 0 aliphatic rings. The molecule has 6 heteroatoms. The predicted octanol–water partition coefficient (Wildman–Crippen LogP) is 12.5. The van der Waals surface area contributed by atoms with Crippen molar-refractivity contribution in [3.8, 4) is 39.8 Å².